The third-order valence-electron chi connectivity index (χ3n) is 6.10. The Morgan fingerprint density at radius 1 is 1.28 bits per heavy atom. The van der Waals surface area contributed by atoms with Gasteiger partial charge in [0.1, 0.15) is 18.5 Å². The molecule has 1 aliphatic heterocycles. The van der Waals surface area contributed by atoms with Crippen molar-refractivity contribution in [1.82, 2.24) is 15.1 Å². The van der Waals surface area contributed by atoms with E-state index in [-0.39, 0.29) is 5.91 Å². The number of ether oxygens (including phenoxy) is 1. The number of likely N-dealkylation sites (tertiary alicyclic amines) is 1. The summed E-state index contributed by atoms with van der Waals surface area (Å²) in [5.74, 6) is 1.06. The van der Waals surface area contributed by atoms with Crippen LogP contribution in [0.1, 0.15) is 50.5 Å². The summed E-state index contributed by atoms with van der Waals surface area (Å²) in [4.78, 5) is 15.8. The third-order valence-corrected chi connectivity index (χ3v) is 6.10. The molecule has 2 aliphatic rings. The van der Waals surface area contributed by atoms with Crippen LogP contribution >= 0.6 is 0 Å². The lowest BCUT2D eigenvalue weighted by Crippen LogP contribution is -2.40. The van der Waals surface area contributed by atoms with E-state index in [1.54, 1.807) is 0 Å². The fourth-order valence-corrected chi connectivity index (χ4v) is 4.38. The molecular weight excluding hydrogens is 366 g/mol. The highest BCUT2D eigenvalue weighted by Gasteiger charge is 2.20. The average Bonchev–Trinajstić information content (AvgIpc) is 3.15. The number of nitrogens with one attached hydrogen (secondary N) is 1. The lowest BCUT2D eigenvalue weighted by molar-refractivity contribution is -0.127. The van der Waals surface area contributed by atoms with Gasteiger partial charge in [-0.1, -0.05) is 31.4 Å². The Balaban J connectivity index is 1.34. The first-order valence-electron chi connectivity index (χ1n) is 11.2. The molecule has 1 atom stereocenters. The molecule has 1 aromatic rings. The van der Waals surface area contributed by atoms with Crippen molar-refractivity contribution in [2.75, 3.05) is 39.8 Å². The molecule has 1 aliphatic carbocycles. The molecule has 6 nitrogen and oxygen atoms in total. The van der Waals surface area contributed by atoms with Crippen molar-refractivity contribution in [3.63, 3.8) is 0 Å². The molecule has 2 fully saturated rings. The summed E-state index contributed by atoms with van der Waals surface area (Å²) < 4.78 is 5.84. The molecule has 1 saturated carbocycles. The van der Waals surface area contributed by atoms with Gasteiger partial charge in [-0.05, 0) is 44.0 Å². The maximum atomic E-state index is 11.6. The van der Waals surface area contributed by atoms with Gasteiger partial charge < -0.3 is 25.0 Å². The molecule has 1 amide bonds. The standard InChI is InChI=1S/C23H37N3O3/c1-25(20-8-3-2-4-9-20)17-21(27)18-29-22-10-5-7-19(15-22)16-24-12-14-26-13-6-11-23(26)28/h5,7,10,15,20-21,24,27H,2-4,6,8-9,11-14,16-18H2,1H3/t21-/m0/s1. The molecule has 0 bridgehead atoms. The van der Waals surface area contributed by atoms with E-state index in [1.165, 1.54) is 32.1 Å². The van der Waals surface area contributed by atoms with Gasteiger partial charge in [0.15, 0.2) is 0 Å². The highest BCUT2D eigenvalue weighted by atomic mass is 16.5. The summed E-state index contributed by atoms with van der Waals surface area (Å²) in [6.45, 7) is 4.17. The van der Waals surface area contributed by atoms with Crippen LogP contribution in [0.5, 0.6) is 5.75 Å². The van der Waals surface area contributed by atoms with E-state index in [0.29, 0.717) is 25.6 Å². The molecule has 1 heterocycles. The number of benzene rings is 1. The molecule has 0 spiro atoms. The summed E-state index contributed by atoms with van der Waals surface area (Å²) in [6, 6.07) is 8.60. The number of aliphatic hydroxyl groups is 1. The van der Waals surface area contributed by atoms with Gasteiger partial charge >= 0.3 is 0 Å². The maximum absolute atomic E-state index is 11.6. The third kappa shape index (κ3) is 7.28. The number of nitrogens with zero attached hydrogens (tertiary/aromatic N) is 2. The van der Waals surface area contributed by atoms with E-state index in [4.69, 9.17) is 4.74 Å². The maximum Gasteiger partial charge on any atom is 0.222 e. The van der Waals surface area contributed by atoms with Crippen LogP contribution in [0.3, 0.4) is 0 Å². The highest BCUT2D eigenvalue weighted by molar-refractivity contribution is 5.78. The zero-order chi connectivity index (χ0) is 20.5. The predicted molar refractivity (Wildman–Crippen MR) is 115 cm³/mol. The van der Waals surface area contributed by atoms with Gasteiger partial charge in [0, 0.05) is 45.2 Å². The monoisotopic (exact) mass is 403 g/mol. The van der Waals surface area contributed by atoms with Crippen LogP contribution in [-0.2, 0) is 11.3 Å². The summed E-state index contributed by atoms with van der Waals surface area (Å²) in [7, 11) is 2.11. The number of hydrogen-bond donors (Lipinski definition) is 2. The van der Waals surface area contributed by atoms with Crippen molar-refractivity contribution in [1.29, 1.82) is 0 Å². The van der Waals surface area contributed by atoms with E-state index in [2.05, 4.69) is 23.3 Å². The topological polar surface area (TPSA) is 65.0 Å². The summed E-state index contributed by atoms with van der Waals surface area (Å²) >= 11 is 0. The van der Waals surface area contributed by atoms with Crippen molar-refractivity contribution in [2.24, 2.45) is 0 Å². The second-order valence-electron chi connectivity index (χ2n) is 8.50. The van der Waals surface area contributed by atoms with Gasteiger partial charge in [-0.3, -0.25) is 4.79 Å². The first-order valence-corrected chi connectivity index (χ1v) is 11.2. The molecule has 0 aromatic heterocycles. The van der Waals surface area contributed by atoms with E-state index < -0.39 is 6.10 Å². The lowest BCUT2D eigenvalue weighted by atomic mass is 9.94. The van der Waals surface area contributed by atoms with Gasteiger partial charge in [0.25, 0.3) is 0 Å². The Labute approximate surface area is 175 Å². The number of likely N-dealkylation sites (N-methyl/N-ethyl adjacent to an activating group) is 1. The second-order valence-corrected chi connectivity index (χ2v) is 8.50. The molecule has 3 rings (SSSR count). The Morgan fingerprint density at radius 3 is 2.86 bits per heavy atom. The van der Waals surface area contributed by atoms with Gasteiger partial charge in [0.05, 0.1) is 0 Å². The van der Waals surface area contributed by atoms with Gasteiger partial charge in [-0.2, -0.15) is 0 Å². The van der Waals surface area contributed by atoms with Crippen LogP contribution in [0, 0.1) is 0 Å². The van der Waals surface area contributed by atoms with E-state index >= 15 is 0 Å². The molecule has 1 saturated heterocycles. The minimum Gasteiger partial charge on any atom is -0.491 e. The molecule has 162 valence electrons. The number of aliphatic hydroxyl groups excluding tert-OH is 1. The molecule has 0 unspecified atom stereocenters. The fraction of sp³-hybridized carbons (Fsp3) is 0.696. The largest absolute Gasteiger partial charge is 0.491 e. The number of rotatable bonds is 11. The minimum atomic E-state index is -0.485. The summed E-state index contributed by atoms with van der Waals surface area (Å²) in [5, 5.41) is 13.8. The summed E-state index contributed by atoms with van der Waals surface area (Å²) in [5.41, 5.74) is 1.14. The van der Waals surface area contributed by atoms with Crippen LogP contribution < -0.4 is 10.1 Å². The first kappa shape index (κ1) is 22.1. The van der Waals surface area contributed by atoms with Crippen molar-refractivity contribution >= 4 is 5.91 Å². The minimum absolute atomic E-state index is 0.273. The van der Waals surface area contributed by atoms with E-state index in [9.17, 15) is 9.90 Å². The average molecular weight is 404 g/mol. The SMILES string of the molecule is CN(C[C@H](O)COc1cccc(CNCCN2CCCC2=O)c1)C1CCCCC1. The fourth-order valence-electron chi connectivity index (χ4n) is 4.38. The van der Waals surface area contributed by atoms with Gasteiger partial charge in [-0.15, -0.1) is 0 Å². The van der Waals surface area contributed by atoms with Crippen molar-refractivity contribution in [3.05, 3.63) is 29.8 Å². The van der Waals surface area contributed by atoms with E-state index in [0.717, 1.165) is 43.9 Å². The Kier molecular flexibility index (Phi) is 8.77. The van der Waals surface area contributed by atoms with Crippen LogP contribution in [0.25, 0.3) is 0 Å². The van der Waals surface area contributed by atoms with Crippen LogP contribution in [0.15, 0.2) is 24.3 Å². The second kappa shape index (κ2) is 11.5. The Bertz CT molecular complexity index is 634. The number of carbonyl (C=O) groups is 1. The Hall–Kier alpha value is -1.63. The van der Waals surface area contributed by atoms with Crippen LogP contribution in [-0.4, -0.2) is 72.8 Å². The molecule has 0 radical (unpaired) electrons. The van der Waals surface area contributed by atoms with E-state index in [1.807, 2.05) is 23.1 Å². The molecular formula is C23H37N3O3. The molecule has 6 heteroatoms. The smallest absolute Gasteiger partial charge is 0.222 e. The number of carbonyl (C=O) groups excluding carboxylic acids is 1. The van der Waals surface area contributed by atoms with Gasteiger partial charge in [-0.25, -0.2) is 0 Å². The van der Waals surface area contributed by atoms with Crippen LogP contribution in [0.4, 0.5) is 0 Å². The van der Waals surface area contributed by atoms with Crippen molar-refractivity contribution in [2.45, 2.75) is 63.6 Å². The molecule has 1 aromatic carbocycles. The zero-order valence-electron chi connectivity index (χ0n) is 17.8. The van der Waals surface area contributed by atoms with Crippen molar-refractivity contribution in [3.8, 4) is 5.75 Å². The van der Waals surface area contributed by atoms with Gasteiger partial charge in [0.2, 0.25) is 5.91 Å². The predicted octanol–water partition coefficient (Wildman–Crippen LogP) is 2.40. The highest BCUT2D eigenvalue weighted by Crippen LogP contribution is 2.22. The number of hydrogen-bond acceptors (Lipinski definition) is 5. The van der Waals surface area contributed by atoms with Crippen LogP contribution in [0.2, 0.25) is 0 Å². The molecule has 29 heavy (non-hydrogen) atoms. The zero-order valence-corrected chi connectivity index (χ0v) is 17.8. The lowest BCUT2D eigenvalue weighted by Gasteiger charge is -2.32. The Morgan fingerprint density at radius 2 is 2.10 bits per heavy atom. The summed E-state index contributed by atoms with van der Waals surface area (Å²) in [6.07, 6.45) is 7.63. The molecule has 2 N–H and O–H groups in total. The normalized spacial score (nSPS) is 19.1. The quantitative estimate of drug-likeness (QED) is 0.556. The first-order chi connectivity index (χ1) is 14.1. The number of amides is 1. The van der Waals surface area contributed by atoms with Crippen molar-refractivity contribution < 1.29 is 14.6 Å².